The molecule has 2 heterocycles. The molecule has 2 unspecified atom stereocenters. The number of fused-ring (bicyclic) bond motifs is 2. The summed E-state index contributed by atoms with van der Waals surface area (Å²) in [5.74, 6) is -0.507. The van der Waals surface area contributed by atoms with Gasteiger partial charge < -0.3 is 10.2 Å². The van der Waals surface area contributed by atoms with E-state index in [1.807, 2.05) is 4.90 Å². The monoisotopic (exact) mass is 265 g/mol. The Kier molecular flexibility index (Phi) is 3.10. The lowest BCUT2D eigenvalue weighted by molar-refractivity contribution is -0.384. The number of benzene rings is 1. The molecular weight excluding hydrogens is 249 g/mol. The predicted octanol–water partition coefficient (Wildman–Crippen LogP) is 2.06. The molecule has 5 nitrogen and oxygen atoms in total. The van der Waals surface area contributed by atoms with Crippen LogP contribution >= 0.6 is 0 Å². The third kappa shape index (κ3) is 2.28. The van der Waals surface area contributed by atoms with E-state index in [1.165, 1.54) is 18.2 Å². The highest BCUT2D eigenvalue weighted by Gasteiger charge is 2.32. The Bertz CT molecular complexity index is 509. The summed E-state index contributed by atoms with van der Waals surface area (Å²) >= 11 is 0. The Balaban J connectivity index is 1.95. The fourth-order valence-corrected chi connectivity index (χ4v) is 3.11. The largest absolute Gasteiger partial charge is 0.362 e. The van der Waals surface area contributed by atoms with Gasteiger partial charge in [0.15, 0.2) is 11.5 Å². The first kappa shape index (κ1) is 12.3. The van der Waals surface area contributed by atoms with Gasteiger partial charge in [-0.05, 0) is 25.3 Å². The molecule has 19 heavy (non-hydrogen) atoms. The standard InChI is InChI=1S/C13H16FN3O2/c14-11-2-1-3-12(17(18)19)13(11)16-7-6-9-4-5-10(8-16)15-9/h1-3,9-10,15H,4-8H2. The number of nitro groups is 1. The van der Waals surface area contributed by atoms with Crippen LogP contribution in [0.1, 0.15) is 19.3 Å². The smallest absolute Gasteiger partial charge is 0.295 e. The molecule has 3 rings (SSSR count). The van der Waals surface area contributed by atoms with Crippen molar-refractivity contribution in [3.63, 3.8) is 0 Å². The summed E-state index contributed by atoms with van der Waals surface area (Å²) in [5.41, 5.74) is -0.000349. The number of nitrogens with one attached hydrogen (secondary N) is 1. The van der Waals surface area contributed by atoms with Gasteiger partial charge >= 0.3 is 0 Å². The van der Waals surface area contributed by atoms with Crippen LogP contribution in [-0.2, 0) is 0 Å². The molecule has 0 spiro atoms. The summed E-state index contributed by atoms with van der Waals surface area (Å²) in [5, 5.41) is 14.5. The normalized spacial score (nSPS) is 26.3. The molecule has 6 heteroatoms. The maximum absolute atomic E-state index is 14.0. The van der Waals surface area contributed by atoms with Crippen molar-refractivity contribution in [2.24, 2.45) is 0 Å². The molecule has 0 radical (unpaired) electrons. The van der Waals surface area contributed by atoms with Crippen molar-refractivity contribution in [3.8, 4) is 0 Å². The number of hydrogen-bond acceptors (Lipinski definition) is 4. The topological polar surface area (TPSA) is 58.4 Å². The average Bonchev–Trinajstić information content (AvgIpc) is 2.70. The summed E-state index contributed by atoms with van der Waals surface area (Å²) in [7, 11) is 0. The molecule has 2 fully saturated rings. The second-order valence-electron chi connectivity index (χ2n) is 5.24. The molecule has 2 atom stereocenters. The second-order valence-corrected chi connectivity index (χ2v) is 5.24. The van der Waals surface area contributed by atoms with Gasteiger partial charge in [0.25, 0.3) is 5.69 Å². The average molecular weight is 265 g/mol. The highest BCUT2D eigenvalue weighted by Crippen LogP contribution is 2.33. The van der Waals surface area contributed by atoms with Crippen LogP contribution in [-0.4, -0.2) is 30.1 Å². The lowest BCUT2D eigenvalue weighted by Gasteiger charge is -2.26. The van der Waals surface area contributed by atoms with E-state index in [0.29, 0.717) is 25.2 Å². The van der Waals surface area contributed by atoms with Gasteiger partial charge in [-0.25, -0.2) is 4.39 Å². The third-order valence-electron chi connectivity index (χ3n) is 4.00. The van der Waals surface area contributed by atoms with E-state index in [0.717, 1.165) is 19.3 Å². The van der Waals surface area contributed by atoms with E-state index in [4.69, 9.17) is 0 Å². The predicted molar refractivity (Wildman–Crippen MR) is 69.8 cm³/mol. The zero-order chi connectivity index (χ0) is 13.4. The second kappa shape index (κ2) is 4.77. The number of halogens is 1. The highest BCUT2D eigenvalue weighted by molar-refractivity contribution is 5.64. The van der Waals surface area contributed by atoms with Crippen LogP contribution in [0.4, 0.5) is 15.8 Å². The summed E-state index contributed by atoms with van der Waals surface area (Å²) in [4.78, 5) is 12.4. The number of para-hydroxylation sites is 1. The molecule has 1 aromatic rings. The van der Waals surface area contributed by atoms with Crippen LogP contribution in [0.25, 0.3) is 0 Å². The molecule has 2 aliphatic rings. The van der Waals surface area contributed by atoms with Gasteiger partial charge in [-0.2, -0.15) is 0 Å². The number of nitro benzene ring substituents is 1. The van der Waals surface area contributed by atoms with E-state index >= 15 is 0 Å². The van der Waals surface area contributed by atoms with Crippen molar-refractivity contribution >= 4 is 11.4 Å². The van der Waals surface area contributed by atoms with E-state index in [-0.39, 0.29) is 11.4 Å². The van der Waals surface area contributed by atoms with Crippen molar-refractivity contribution in [2.45, 2.75) is 31.3 Å². The summed E-state index contributed by atoms with van der Waals surface area (Å²) in [6.45, 7) is 1.30. The van der Waals surface area contributed by atoms with Crippen LogP contribution in [0.5, 0.6) is 0 Å². The molecule has 2 saturated heterocycles. The van der Waals surface area contributed by atoms with Gasteiger partial charge in [-0.15, -0.1) is 0 Å². The zero-order valence-electron chi connectivity index (χ0n) is 10.5. The molecule has 102 valence electrons. The maximum Gasteiger partial charge on any atom is 0.295 e. The van der Waals surface area contributed by atoms with Crippen molar-refractivity contribution < 1.29 is 9.31 Å². The zero-order valence-corrected chi connectivity index (χ0v) is 10.5. The van der Waals surface area contributed by atoms with Crippen LogP contribution in [0.15, 0.2) is 18.2 Å². The number of hydrogen-bond donors (Lipinski definition) is 1. The van der Waals surface area contributed by atoms with Gasteiger partial charge in [0.05, 0.1) is 4.92 Å². The Morgan fingerprint density at radius 2 is 2.11 bits per heavy atom. The SMILES string of the molecule is O=[N+]([O-])c1cccc(F)c1N1CCC2CCC(C1)N2. The molecule has 0 aliphatic carbocycles. The maximum atomic E-state index is 14.0. The van der Waals surface area contributed by atoms with Crippen molar-refractivity contribution in [3.05, 3.63) is 34.1 Å². The lowest BCUT2D eigenvalue weighted by Crippen LogP contribution is -2.36. The van der Waals surface area contributed by atoms with Gasteiger partial charge in [0.2, 0.25) is 0 Å². The Labute approximate surface area is 110 Å². The third-order valence-corrected chi connectivity index (χ3v) is 4.00. The number of anilines is 1. The minimum absolute atomic E-state index is 0.141. The molecule has 0 amide bonds. The molecule has 2 aliphatic heterocycles. The first-order valence-corrected chi connectivity index (χ1v) is 6.59. The van der Waals surface area contributed by atoms with Crippen LogP contribution in [0.3, 0.4) is 0 Å². The number of nitrogens with zero attached hydrogens (tertiary/aromatic N) is 2. The minimum atomic E-state index is -0.507. The van der Waals surface area contributed by atoms with Gasteiger partial charge in [0, 0.05) is 31.2 Å². The molecule has 2 bridgehead atoms. The summed E-state index contributed by atoms with van der Waals surface area (Å²) < 4.78 is 14.0. The van der Waals surface area contributed by atoms with E-state index in [2.05, 4.69) is 5.32 Å². The Hall–Kier alpha value is -1.69. The molecule has 1 aromatic carbocycles. The van der Waals surface area contributed by atoms with Crippen LogP contribution in [0.2, 0.25) is 0 Å². The molecule has 0 aromatic heterocycles. The highest BCUT2D eigenvalue weighted by atomic mass is 19.1. The van der Waals surface area contributed by atoms with Crippen molar-refractivity contribution in [2.75, 3.05) is 18.0 Å². The number of rotatable bonds is 2. The van der Waals surface area contributed by atoms with E-state index in [9.17, 15) is 14.5 Å². The summed E-state index contributed by atoms with van der Waals surface area (Å²) in [6.07, 6.45) is 3.11. The first-order chi connectivity index (χ1) is 9.15. The summed E-state index contributed by atoms with van der Waals surface area (Å²) in [6, 6.07) is 4.83. The Morgan fingerprint density at radius 1 is 1.32 bits per heavy atom. The van der Waals surface area contributed by atoms with Crippen LogP contribution < -0.4 is 10.2 Å². The van der Waals surface area contributed by atoms with Gasteiger partial charge in [-0.1, -0.05) is 6.07 Å². The van der Waals surface area contributed by atoms with Gasteiger partial charge in [-0.3, -0.25) is 10.1 Å². The minimum Gasteiger partial charge on any atom is -0.362 e. The Morgan fingerprint density at radius 3 is 2.89 bits per heavy atom. The lowest BCUT2D eigenvalue weighted by atomic mass is 10.1. The molecule has 0 saturated carbocycles. The molecule has 1 N–H and O–H groups in total. The van der Waals surface area contributed by atoms with Crippen LogP contribution in [0, 0.1) is 15.9 Å². The van der Waals surface area contributed by atoms with E-state index in [1.54, 1.807) is 0 Å². The fourth-order valence-electron chi connectivity index (χ4n) is 3.11. The van der Waals surface area contributed by atoms with Gasteiger partial charge in [0.1, 0.15) is 0 Å². The first-order valence-electron chi connectivity index (χ1n) is 6.59. The van der Waals surface area contributed by atoms with E-state index < -0.39 is 10.7 Å². The molecular formula is C13H16FN3O2. The van der Waals surface area contributed by atoms with Crippen molar-refractivity contribution in [1.82, 2.24) is 5.32 Å². The fraction of sp³-hybridized carbons (Fsp3) is 0.538. The quantitative estimate of drug-likeness (QED) is 0.657. The van der Waals surface area contributed by atoms with Crippen molar-refractivity contribution in [1.29, 1.82) is 0 Å².